The van der Waals surface area contributed by atoms with Gasteiger partial charge < -0.3 is 10.6 Å². The third-order valence-corrected chi connectivity index (χ3v) is 3.26. The molecule has 2 aromatic rings. The Bertz CT molecular complexity index is 674. The predicted octanol–water partition coefficient (Wildman–Crippen LogP) is 2.74. The van der Waals surface area contributed by atoms with Crippen LogP contribution in [0.15, 0.2) is 48.5 Å². The molecule has 0 fully saturated rings. The fourth-order valence-corrected chi connectivity index (χ4v) is 2.13. The van der Waals surface area contributed by atoms with Crippen LogP contribution in [0.5, 0.6) is 0 Å². The van der Waals surface area contributed by atoms with Gasteiger partial charge in [0.15, 0.2) is 0 Å². The fourth-order valence-electron chi connectivity index (χ4n) is 2.13. The van der Waals surface area contributed by atoms with Crippen LogP contribution in [-0.2, 0) is 6.54 Å². The van der Waals surface area contributed by atoms with Crippen molar-refractivity contribution in [2.75, 3.05) is 12.3 Å². The lowest BCUT2D eigenvalue weighted by Gasteiger charge is -2.21. The Hall–Kier alpha value is -2.80. The number of benzene rings is 2. The van der Waals surface area contributed by atoms with Gasteiger partial charge in [-0.1, -0.05) is 36.4 Å². The van der Waals surface area contributed by atoms with Crippen LogP contribution in [0.4, 0.5) is 5.69 Å². The average Bonchev–Trinajstić information content (AvgIpc) is 2.49. The van der Waals surface area contributed by atoms with Crippen molar-refractivity contribution in [3.05, 3.63) is 65.2 Å². The molecule has 2 aromatic carbocycles. The summed E-state index contributed by atoms with van der Waals surface area (Å²) < 4.78 is 0. The molecule has 0 aliphatic heterocycles. The van der Waals surface area contributed by atoms with Crippen molar-refractivity contribution in [3.63, 3.8) is 0 Å². The van der Waals surface area contributed by atoms with Crippen LogP contribution < -0.4 is 5.73 Å². The van der Waals surface area contributed by atoms with Gasteiger partial charge in [-0.05, 0) is 30.2 Å². The van der Waals surface area contributed by atoms with Gasteiger partial charge in [0.25, 0.3) is 5.91 Å². The summed E-state index contributed by atoms with van der Waals surface area (Å²) in [6, 6.07) is 16.9. The Morgan fingerprint density at radius 2 is 1.95 bits per heavy atom. The first kappa shape index (κ1) is 14.6. The second kappa shape index (κ2) is 6.58. The number of aryl methyl sites for hydroxylation is 1. The Balaban J connectivity index is 2.27. The predicted molar refractivity (Wildman–Crippen MR) is 82.4 cm³/mol. The summed E-state index contributed by atoms with van der Waals surface area (Å²) in [4.78, 5) is 14.2. The highest BCUT2D eigenvalue weighted by molar-refractivity contribution is 5.96. The maximum Gasteiger partial charge on any atom is 0.255 e. The quantitative estimate of drug-likeness (QED) is 0.691. The summed E-state index contributed by atoms with van der Waals surface area (Å²) in [6.07, 6.45) is 0. The van der Waals surface area contributed by atoms with E-state index in [0.29, 0.717) is 17.8 Å². The number of nitrogens with zero attached hydrogens (tertiary/aromatic N) is 2. The number of hydrogen-bond acceptors (Lipinski definition) is 3. The van der Waals surface area contributed by atoms with Crippen LogP contribution in [0.3, 0.4) is 0 Å². The Labute approximate surface area is 124 Å². The first-order chi connectivity index (χ1) is 10.1. The Morgan fingerprint density at radius 1 is 1.24 bits per heavy atom. The monoisotopic (exact) mass is 279 g/mol. The van der Waals surface area contributed by atoms with Gasteiger partial charge in [-0.3, -0.25) is 4.79 Å². The van der Waals surface area contributed by atoms with Crippen molar-refractivity contribution in [1.29, 1.82) is 5.26 Å². The van der Waals surface area contributed by atoms with E-state index in [2.05, 4.69) is 0 Å². The van der Waals surface area contributed by atoms with Gasteiger partial charge in [0.2, 0.25) is 0 Å². The van der Waals surface area contributed by atoms with Crippen LogP contribution in [0.25, 0.3) is 0 Å². The molecule has 2 rings (SSSR count). The lowest BCUT2D eigenvalue weighted by atomic mass is 10.1. The molecule has 21 heavy (non-hydrogen) atoms. The number of amides is 1. The first-order valence-corrected chi connectivity index (χ1v) is 6.68. The number of nitrogens with two attached hydrogens (primary N) is 1. The first-order valence-electron chi connectivity index (χ1n) is 6.68. The third-order valence-electron chi connectivity index (χ3n) is 3.26. The van der Waals surface area contributed by atoms with E-state index in [-0.39, 0.29) is 12.5 Å². The summed E-state index contributed by atoms with van der Waals surface area (Å²) >= 11 is 0. The molecule has 0 bridgehead atoms. The van der Waals surface area contributed by atoms with Gasteiger partial charge in [-0.2, -0.15) is 5.26 Å². The number of nitriles is 1. The molecule has 0 aliphatic rings. The highest BCUT2D eigenvalue weighted by Crippen LogP contribution is 2.16. The summed E-state index contributed by atoms with van der Waals surface area (Å²) in [5.74, 6) is -0.176. The molecule has 0 radical (unpaired) electrons. The lowest BCUT2D eigenvalue weighted by molar-refractivity contribution is 0.0764. The zero-order chi connectivity index (χ0) is 15.2. The average molecular weight is 279 g/mol. The van der Waals surface area contributed by atoms with E-state index in [4.69, 9.17) is 11.0 Å². The lowest BCUT2D eigenvalue weighted by Crippen LogP contribution is -2.31. The number of anilines is 1. The third kappa shape index (κ3) is 3.61. The van der Waals surface area contributed by atoms with E-state index < -0.39 is 0 Å². The topological polar surface area (TPSA) is 70.1 Å². The molecule has 0 aromatic heterocycles. The number of carbonyl (C=O) groups excluding carboxylic acids is 1. The zero-order valence-corrected chi connectivity index (χ0v) is 11.9. The van der Waals surface area contributed by atoms with Gasteiger partial charge in [0, 0.05) is 17.8 Å². The molecule has 2 N–H and O–H groups in total. The number of nitrogen functional groups attached to an aromatic ring is 1. The van der Waals surface area contributed by atoms with E-state index in [1.54, 1.807) is 12.1 Å². The van der Waals surface area contributed by atoms with Gasteiger partial charge in [-0.15, -0.1) is 0 Å². The Kier molecular flexibility index (Phi) is 4.57. The number of rotatable bonds is 4. The minimum Gasteiger partial charge on any atom is -0.399 e. The van der Waals surface area contributed by atoms with E-state index in [1.807, 2.05) is 49.4 Å². The van der Waals surface area contributed by atoms with Crippen LogP contribution >= 0.6 is 0 Å². The molecule has 0 unspecified atom stereocenters. The molecule has 0 saturated carbocycles. The van der Waals surface area contributed by atoms with Crippen LogP contribution in [0.1, 0.15) is 21.5 Å². The van der Waals surface area contributed by atoms with E-state index in [1.165, 1.54) is 4.90 Å². The van der Waals surface area contributed by atoms with Gasteiger partial charge in [0.1, 0.15) is 6.54 Å². The summed E-state index contributed by atoms with van der Waals surface area (Å²) in [5, 5.41) is 8.97. The largest absolute Gasteiger partial charge is 0.399 e. The van der Waals surface area contributed by atoms with E-state index >= 15 is 0 Å². The SMILES string of the molecule is Cc1ccc(N)cc1C(=O)N(CC#N)Cc1ccccc1. The normalized spacial score (nSPS) is 9.90. The second-order valence-corrected chi connectivity index (χ2v) is 4.88. The van der Waals surface area contributed by atoms with Crippen molar-refractivity contribution in [1.82, 2.24) is 4.90 Å². The standard InChI is InChI=1S/C17H17N3O/c1-13-7-8-15(19)11-16(13)17(21)20(10-9-18)12-14-5-3-2-4-6-14/h2-8,11H,10,12,19H2,1H3. The van der Waals surface area contributed by atoms with Crippen molar-refractivity contribution in [2.45, 2.75) is 13.5 Å². The van der Waals surface area contributed by atoms with Gasteiger partial charge in [0.05, 0.1) is 6.07 Å². The van der Waals surface area contributed by atoms with Crippen LogP contribution in [0.2, 0.25) is 0 Å². The maximum atomic E-state index is 12.6. The molecule has 0 aliphatic carbocycles. The summed E-state index contributed by atoms with van der Waals surface area (Å²) in [6.45, 7) is 2.31. The van der Waals surface area contributed by atoms with E-state index in [0.717, 1.165) is 11.1 Å². The van der Waals surface area contributed by atoms with Gasteiger partial charge >= 0.3 is 0 Å². The van der Waals surface area contributed by atoms with Crippen molar-refractivity contribution in [2.24, 2.45) is 0 Å². The van der Waals surface area contributed by atoms with Crippen molar-refractivity contribution in [3.8, 4) is 6.07 Å². The molecule has 0 heterocycles. The van der Waals surface area contributed by atoms with Gasteiger partial charge in [-0.25, -0.2) is 0 Å². The molecule has 106 valence electrons. The number of carbonyl (C=O) groups is 1. The molecular weight excluding hydrogens is 262 g/mol. The number of hydrogen-bond donors (Lipinski definition) is 1. The van der Waals surface area contributed by atoms with E-state index in [9.17, 15) is 4.79 Å². The molecule has 1 amide bonds. The van der Waals surface area contributed by atoms with Crippen LogP contribution in [0, 0.1) is 18.3 Å². The highest BCUT2D eigenvalue weighted by Gasteiger charge is 2.18. The molecule has 0 atom stereocenters. The smallest absolute Gasteiger partial charge is 0.255 e. The second-order valence-electron chi connectivity index (χ2n) is 4.88. The highest BCUT2D eigenvalue weighted by atomic mass is 16.2. The minimum absolute atomic E-state index is 0.0436. The van der Waals surface area contributed by atoms with Crippen molar-refractivity contribution >= 4 is 11.6 Å². The molecule has 4 nitrogen and oxygen atoms in total. The maximum absolute atomic E-state index is 12.6. The molecule has 4 heteroatoms. The zero-order valence-electron chi connectivity index (χ0n) is 11.9. The Morgan fingerprint density at radius 3 is 2.62 bits per heavy atom. The van der Waals surface area contributed by atoms with Crippen molar-refractivity contribution < 1.29 is 4.79 Å². The summed E-state index contributed by atoms with van der Waals surface area (Å²) in [5.41, 5.74) is 8.68. The minimum atomic E-state index is -0.176. The molecular formula is C17H17N3O. The summed E-state index contributed by atoms with van der Waals surface area (Å²) in [7, 11) is 0. The van der Waals surface area contributed by atoms with Crippen LogP contribution in [-0.4, -0.2) is 17.4 Å². The molecule has 0 spiro atoms. The fraction of sp³-hybridized carbons (Fsp3) is 0.176. The molecule has 0 saturated heterocycles.